The molecule has 0 spiro atoms. The summed E-state index contributed by atoms with van der Waals surface area (Å²) in [6, 6.07) is 9.14. The highest BCUT2D eigenvalue weighted by Crippen LogP contribution is 2.33. The molecule has 18 heavy (non-hydrogen) atoms. The topological polar surface area (TPSA) is 24.9 Å². The van der Waals surface area contributed by atoms with Gasteiger partial charge in [-0.3, -0.25) is 0 Å². The van der Waals surface area contributed by atoms with Crippen molar-refractivity contribution in [1.29, 1.82) is 0 Å². The van der Waals surface area contributed by atoms with Crippen molar-refractivity contribution in [3.63, 3.8) is 0 Å². The minimum Gasteiger partial charge on any atom is -0.363 e. The Labute approximate surface area is 113 Å². The lowest BCUT2D eigenvalue weighted by molar-refractivity contribution is 0.626. The third-order valence-corrected chi connectivity index (χ3v) is 3.70. The van der Waals surface area contributed by atoms with E-state index in [1.165, 1.54) is 11.6 Å². The quantitative estimate of drug-likeness (QED) is 0.904. The molecule has 2 aromatic rings. The molecule has 4 heteroatoms. The smallest absolute Gasteiger partial charge is 0.126 e. The van der Waals surface area contributed by atoms with Crippen LogP contribution in [0.1, 0.15) is 23.6 Å². The number of rotatable bonds is 2. The lowest BCUT2D eigenvalue weighted by atomic mass is 10.1. The van der Waals surface area contributed by atoms with Gasteiger partial charge in [0.2, 0.25) is 0 Å². The second-order valence-corrected chi connectivity index (χ2v) is 5.36. The van der Waals surface area contributed by atoms with Gasteiger partial charge in [-0.15, -0.1) is 0 Å². The first-order valence-corrected chi connectivity index (χ1v) is 6.68. The Morgan fingerprint density at radius 1 is 1.28 bits per heavy atom. The highest BCUT2D eigenvalue weighted by Gasteiger charge is 2.22. The van der Waals surface area contributed by atoms with Gasteiger partial charge in [0.05, 0.1) is 6.04 Å². The fraction of sp³-hybridized carbons (Fsp3) is 0.214. The van der Waals surface area contributed by atoms with E-state index < -0.39 is 0 Å². The normalized spacial score (nSPS) is 17.6. The molecule has 1 aromatic heterocycles. The Morgan fingerprint density at radius 2 is 2.17 bits per heavy atom. The van der Waals surface area contributed by atoms with Crippen molar-refractivity contribution in [2.24, 2.45) is 0 Å². The fourth-order valence-corrected chi connectivity index (χ4v) is 2.61. The fourth-order valence-electron chi connectivity index (χ4n) is 2.38. The molecule has 0 saturated heterocycles. The molecule has 1 atom stereocenters. The Kier molecular flexibility index (Phi) is 3.04. The summed E-state index contributed by atoms with van der Waals surface area (Å²) in [7, 11) is 0. The number of fused-ring (bicyclic) bond motifs is 1. The monoisotopic (exact) mass is 306 g/mol. The first-order valence-electron chi connectivity index (χ1n) is 5.89. The molecule has 1 N–H and O–H groups in total. The maximum atomic E-state index is 13.1. The van der Waals surface area contributed by atoms with Gasteiger partial charge in [0, 0.05) is 10.7 Å². The van der Waals surface area contributed by atoms with Gasteiger partial charge in [0.15, 0.2) is 0 Å². The third-order valence-electron chi connectivity index (χ3n) is 3.23. The number of benzene rings is 1. The largest absolute Gasteiger partial charge is 0.363 e. The van der Waals surface area contributed by atoms with Crippen molar-refractivity contribution in [2.75, 3.05) is 5.32 Å². The van der Waals surface area contributed by atoms with Gasteiger partial charge >= 0.3 is 0 Å². The Bertz CT molecular complexity index is 569. The average Bonchev–Trinajstić information content (AvgIpc) is 2.74. The van der Waals surface area contributed by atoms with Crippen LogP contribution in [0.5, 0.6) is 0 Å². The maximum Gasteiger partial charge on any atom is 0.126 e. The zero-order valence-corrected chi connectivity index (χ0v) is 11.2. The van der Waals surface area contributed by atoms with Gasteiger partial charge in [-0.25, -0.2) is 9.37 Å². The molecule has 0 radical (unpaired) electrons. The summed E-state index contributed by atoms with van der Waals surface area (Å²) in [6.45, 7) is 0. The highest BCUT2D eigenvalue weighted by molar-refractivity contribution is 9.10. The van der Waals surface area contributed by atoms with Crippen LogP contribution in [0.15, 0.2) is 41.0 Å². The summed E-state index contributed by atoms with van der Waals surface area (Å²) in [5.74, 6) is 0.691. The number of hydrogen-bond acceptors (Lipinski definition) is 2. The number of pyridine rings is 1. The maximum absolute atomic E-state index is 13.1. The van der Waals surface area contributed by atoms with Crippen LogP contribution < -0.4 is 5.32 Å². The molecule has 0 fully saturated rings. The van der Waals surface area contributed by atoms with E-state index in [2.05, 4.69) is 26.2 Å². The standard InChI is InChI=1S/C14H12BrFN2/c15-10-2-6-14(17-8-10)18-13-5-1-9-7-11(16)3-4-12(9)13/h2-4,6-8,13H,1,5H2,(H,17,18). The van der Waals surface area contributed by atoms with Gasteiger partial charge in [-0.05, 0) is 64.2 Å². The summed E-state index contributed by atoms with van der Waals surface area (Å²) >= 11 is 3.36. The Hall–Kier alpha value is -1.42. The number of anilines is 1. The number of halogens is 2. The molecule has 1 aromatic carbocycles. The second kappa shape index (κ2) is 4.69. The molecule has 92 valence electrons. The van der Waals surface area contributed by atoms with E-state index in [-0.39, 0.29) is 11.9 Å². The summed E-state index contributed by atoms with van der Waals surface area (Å²) in [6.07, 6.45) is 3.67. The van der Waals surface area contributed by atoms with Gasteiger partial charge in [0.25, 0.3) is 0 Å². The number of nitrogens with zero attached hydrogens (tertiary/aromatic N) is 1. The van der Waals surface area contributed by atoms with Crippen LogP contribution in [0.2, 0.25) is 0 Å². The lowest BCUT2D eigenvalue weighted by Gasteiger charge is -2.14. The highest BCUT2D eigenvalue weighted by atomic mass is 79.9. The molecule has 1 aliphatic carbocycles. The van der Waals surface area contributed by atoms with Crippen molar-refractivity contribution in [3.05, 3.63) is 57.9 Å². The number of hydrogen-bond donors (Lipinski definition) is 1. The summed E-state index contributed by atoms with van der Waals surface area (Å²) < 4.78 is 14.1. The van der Waals surface area contributed by atoms with Crippen LogP contribution >= 0.6 is 15.9 Å². The molecule has 3 rings (SSSR count). The first kappa shape index (κ1) is 11.7. The molecule has 1 heterocycles. The number of nitrogens with one attached hydrogen (secondary N) is 1. The number of aromatic nitrogens is 1. The van der Waals surface area contributed by atoms with Gasteiger partial charge in [0.1, 0.15) is 11.6 Å². The first-order chi connectivity index (χ1) is 8.72. The molecule has 0 bridgehead atoms. The van der Waals surface area contributed by atoms with Crippen LogP contribution in [-0.2, 0) is 6.42 Å². The van der Waals surface area contributed by atoms with E-state index in [1.54, 1.807) is 12.3 Å². The molecular formula is C14H12BrFN2. The van der Waals surface area contributed by atoms with E-state index >= 15 is 0 Å². The van der Waals surface area contributed by atoms with Crippen molar-refractivity contribution in [3.8, 4) is 0 Å². The molecule has 1 aliphatic rings. The third kappa shape index (κ3) is 2.25. The molecule has 0 amide bonds. The Balaban J connectivity index is 1.82. The zero-order valence-electron chi connectivity index (χ0n) is 9.66. The van der Waals surface area contributed by atoms with Crippen LogP contribution in [0, 0.1) is 5.82 Å². The van der Waals surface area contributed by atoms with Gasteiger partial charge in [-0.1, -0.05) is 6.07 Å². The molecule has 1 unspecified atom stereocenters. The van der Waals surface area contributed by atoms with E-state index in [0.717, 1.165) is 28.7 Å². The van der Waals surface area contributed by atoms with Crippen molar-refractivity contribution in [2.45, 2.75) is 18.9 Å². The SMILES string of the molecule is Fc1ccc2c(c1)CCC2Nc1ccc(Br)cn1. The van der Waals surface area contributed by atoms with Gasteiger partial charge < -0.3 is 5.32 Å². The molecule has 0 saturated carbocycles. The van der Waals surface area contributed by atoms with Crippen LogP contribution in [-0.4, -0.2) is 4.98 Å². The van der Waals surface area contributed by atoms with E-state index in [1.807, 2.05) is 18.2 Å². The van der Waals surface area contributed by atoms with Crippen LogP contribution in [0.25, 0.3) is 0 Å². The van der Waals surface area contributed by atoms with Crippen LogP contribution in [0.3, 0.4) is 0 Å². The zero-order chi connectivity index (χ0) is 12.5. The predicted molar refractivity (Wildman–Crippen MR) is 73.0 cm³/mol. The summed E-state index contributed by atoms with van der Waals surface area (Å²) in [5.41, 5.74) is 2.28. The summed E-state index contributed by atoms with van der Waals surface area (Å²) in [5, 5.41) is 3.39. The van der Waals surface area contributed by atoms with Gasteiger partial charge in [-0.2, -0.15) is 0 Å². The molecule has 2 nitrogen and oxygen atoms in total. The summed E-state index contributed by atoms with van der Waals surface area (Å²) in [4.78, 5) is 4.30. The lowest BCUT2D eigenvalue weighted by Crippen LogP contribution is -2.08. The Morgan fingerprint density at radius 3 is 2.94 bits per heavy atom. The average molecular weight is 307 g/mol. The van der Waals surface area contributed by atoms with E-state index in [0.29, 0.717) is 0 Å². The van der Waals surface area contributed by atoms with Crippen LogP contribution in [0.4, 0.5) is 10.2 Å². The number of aryl methyl sites for hydroxylation is 1. The van der Waals surface area contributed by atoms with E-state index in [9.17, 15) is 4.39 Å². The van der Waals surface area contributed by atoms with Crippen molar-refractivity contribution in [1.82, 2.24) is 4.98 Å². The predicted octanol–water partition coefficient (Wildman–Crippen LogP) is 4.08. The van der Waals surface area contributed by atoms with Crippen molar-refractivity contribution >= 4 is 21.7 Å². The van der Waals surface area contributed by atoms with E-state index in [4.69, 9.17) is 0 Å². The molecule has 0 aliphatic heterocycles. The van der Waals surface area contributed by atoms with Crippen molar-refractivity contribution < 1.29 is 4.39 Å². The minimum absolute atomic E-state index is 0.156. The minimum atomic E-state index is -0.156. The molecular weight excluding hydrogens is 295 g/mol. The second-order valence-electron chi connectivity index (χ2n) is 4.44.